The van der Waals surface area contributed by atoms with Crippen molar-refractivity contribution in [2.45, 2.75) is 50.9 Å². The zero-order valence-corrected chi connectivity index (χ0v) is 20.3. The largest absolute Gasteiger partial charge is 0.340 e. The van der Waals surface area contributed by atoms with Crippen molar-refractivity contribution in [3.8, 4) is 0 Å². The molecule has 10 nitrogen and oxygen atoms in total. The molecule has 192 valence electrons. The van der Waals surface area contributed by atoms with Gasteiger partial charge >= 0.3 is 0 Å². The smallest absolute Gasteiger partial charge is 0.243 e. The van der Waals surface area contributed by atoms with E-state index < -0.39 is 36.0 Å². The van der Waals surface area contributed by atoms with Gasteiger partial charge in [-0.1, -0.05) is 31.2 Å². The van der Waals surface area contributed by atoms with Gasteiger partial charge in [0.25, 0.3) is 0 Å². The quantitative estimate of drug-likeness (QED) is 0.370. The van der Waals surface area contributed by atoms with Crippen LogP contribution in [0, 0.1) is 5.95 Å². The first-order chi connectivity index (χ1) is 17.8. The van der Waals surface area contributed by atoms with Crippen molar-refractivity contribution in [2.24, 2.45) is 0 Å². The molecule has 0 aliphatic carbocycles. The molecule has 0 saturated carbocycles. The number of H-pyrrole nitrogens is 1. The maximum Gasteiger partial charge on any atom is 0.243 e. The van der Waals surface area contributed by atoms with Gasteiger partial charge in [-0.3, -0.25) is 14.7 Å². The molecule has 1 aliphatic rings. The molecule has 2 amide bonds. The van der Waals surface area contributed by atoms with Gasteiger partial charge in [0.2, 0.25) is 17.8 Å². The highest BCUT2D eigenvalue weighted by molar-refractivity contribution is 5.89. The minimum absolute atomic E-state index is 0.0763. The van der Waals surface area contributed by atoms with Crippen LogP contribution < -0.4 is 5.32 Å². The predicted octanol–water partition coefficient (Wildman–Crippen LogP) is 2.50. The summed E-state index contributed by atoms with van der Waals surface area (Å²) in [5, 5.41) is 12.7. The lowest BCUT2D eigenvalue weighted by molar-refractivity contribution is -0.138. The molecule has 0 aromatic carbocycles. The fraction of sp³-hybridized carbons (Fsp3) is 0.360. The first kappa shape index (κ1) is 24.5. The molecule has 4 aromatic rings. The number of fused-ring (bicyclic) bond motifs is 1. The highest BCUT2D eigenvalue weighted by atomic mass is 19.1. The topological polar surface area (TPSA) is 121 Å². The van der Waals surface area contributed by atoms with Crippen LogP contribution in [0.2, 0.25) is 0 Å². The van der Waals surface area contributed by atoms with Crippen molar-refractivity contribution >= 4 is 17.3 Å². The standard InChI is InChI=1S/C25H26F2N8O2/c1-14(2)17-6-7-18(30-24(17)27)22(23-19-5-3-4-8-34(19)13-28-23)31-25(37)20-9-15(26)12-35(20)21(36)10-16-11-29-33-32-16/h3-8,11,13-15,20,22H,9-10,12H2,1-2H3,(H,31,37)(H,29,32,33). The fourth-order valence-corrected chi connectivity index (χ4v) is 4.64. The molecule has 37 heavy (non-hydrogen) atoms. The summed E-state index contributed by atoms with van der Waals surface area (Å²) in [4.78, 5) is 36.3. The van der Waals surface area contributed by atoms with Crippen LogP contribution in [0.15, 0.2) is 49.1 Å². The zero-order chi connectivity index (χ0) is 26.1. The number of nitrogens with one attached hydrogen (secondary N) is 2. The molecular weight excluding hydrogens is 482 g/mol. The predicted molar refractivity (Wildman–Crippen MR) is 129 cm³/mol. The number of carbonyl (C=O) groups is 2. The maximum atomic E-state index is 14.9. The van der Waals surface area contributed by atoms with Crippen LogP contribution in [0.3, 0.4) is 0 Å². The van der Waals surface area contributed by atoms with E-state index in [4.69, 9.17) is 0 Å². The third-order valence-electron chi connectivity index (χ3n) is 6.53. The van der Waals surface area contributed by atoms with Gasteiger partial charge in [-0.25, -0.2) is 14.4 Å². The number of rotatable bonds is 7. The number of nitrogens with zero attached hydrogens (tertiary/aromatic N) is 6. The monoisotopic (exact) mass is 508 g/mol. The number of hydrogen-bond donors (Lipinski definition) is 2. The Labute approximate surface area is 211 Å². The number of hydrogen-bond acceptors (Lipinski definition) is 6. The summed E-state index contributed by atoms with van der Waals surface area (Å²) in [6, 6.07) is 6.80. The number of pyridine rings is 2. The van der Waals surface area contributed by atoms with E-state index in [0.717, 1.165) is 0 Å². The van der Waals surface area contributed by atoms with E-state index >= 15 is 0 Å². The Balaban J connectivity index is 1.47. The Hall–Kier alpha value is -4.22. The van der Waals surface area contributed by atoms with Gasteiger partial charge in [0.05, 0.1) is 48.1 Å². The second kappa shape index (κ2) is 10.0. The second-order valence-electron chi connectivity index (χ2n) is 9.39. The van der Waals surface area contributed by atoms with Gasteiger partial charge in [-0.05, 0) is 24.1 Å². The molecule has 2 N–H and O–H groups in total. The molecule has 0 spiro atoms. The van der Waals surface area contributed by atoms with Crippen LogP contribution >= 0.6 is 0 Å². The summed E-state index contributed by atoms with van der Waals surface area (Å²) in [5.74, 6) is -1.72. The molecule has 1 fully saturated rings. The molecule has 3 unspecified atom stereocenters. The van der Waals surface area contributed by atoms with Gasteiger partial charge in [0, 0.05) is 18.2 Å². The van der Waals surface area contributed by atoms with Crippen LogP contribution in [0.1, 0.15) is 54.9 Å². The van der Waals surface area contributed by atoms with E-state index in [-0.39, 0.29) is 31.0 Å². The lowest BCUT2D eigenvalue weighted by Gasteiger charge is -2.26. The van der Waals surface area contributed by atoms with E-state index in [1.807, 2.05) is 32.0 Å². The van der Waals surface area contributed by atoms with E-state index in [1.54, 1.807) is 29.1 Å². The van der Waals surface area contributed by atoms with Gasteiger partial charge < -0.3 is 14.6 Å². The summed E-state index contributed by atoms with van der Waals surface area (Å²) in [7, 11) is 0. The molecule has 5 rings (SSSR count). The number of alkyl halides is 1. The first-order valence-electron chi connectivity index (χ1n) is 12.0. The van der Waals surface area contributed by atoms with Gasteiger partial charge in [-0.15, -0.1) is 5.10 Å². The van der Waals surface area contributed by atoms with Crippen LogP contribution in [0.5, 0.6) is 0 Å². The van der Waals surface area contributed by atoms with Crippen molar-refractivity contribution in [1.82, 2.24) is 40.0 Å². The number of aromatic nitrogens is 6. The molecule has 4 aromatic heterocycles. The molecule has 12 heteroatoms. The normalized spacial score (nSPS) is 18.5. The highest BCUT2D eigenvalue weighted by Crippen LogP contribution is 2.28. The third-order valence-corrected chi connectivity index (χ3v) is 6.53. The van der Waals surface area contributed by atoms with E-state index in [1.165, 1.54) is 11.1 Å². The molecule has 1 saturated heterocycles. The molecule has 0 radical (unpaired) electrons. The Morgan fingerprint density at radius 1 is 1.24 bits per heavy atom. The Kier molecular flexibility index (Phi) is 6.64. The van der Waals surface area contributed by atoms with Crippen molar-refractivity contribution in [3.05, 3.63) is 77.6 Å². The van der Waals surface area contributed by atoms with Crippen molar-refractivity contribution in [1.29, 1.82) is 0 Å². The number of amides is 2. The highest BCUT2D eigenvalue weighted by Gasteiger charge is 2.41. The van der Waals surface area contributed by atoms with Crippen LogP contribution in [0.25, 0.3) is 5.52 Å². The van der Waals surface area contributed by atoms with E-state index in [0.29, 0.717) is 22.5 Å². The Bertz CT molecular complexity index is 1420. The average Bonchev–Trinajstić information content (AvgIpc) is 3.62. The molecule has 3 atom stereocenters. The minimum atomic E-state index is -1.35. The number of likely N-dealkylation sites (tertiary alicyclic amines) is 1. The zero-order valence-electron chi connectivity index (χ0n) is 20.3. The van der Waals surface area contributed by atoms with E-state index in [9.17, 15) is 18.4 Å². The van der Waals surface area contributed by atoms with Gasteiger partial charge in [0.15, 0.2) is 0 Å². The number of aromatic amines is 1. The lowest BCUT2D eigenvalue weighted by Crippen LogP contribution is -2.47. The van der Waals surface area contributed by atoms with Crippen LogP contribution in [-0.4, -0.2) is 65.3 Å². The molecule has 1 aliphatic heterocycles. The SMILES string of the molecule is CC(C)c1ccc(C(NC(=O)C2CC(F)CN2C(=O)Cc2cnn[nH]2)c2ncn3ccccc23)nc1F. The Morgan fingerprint density at radius 2 is 2.08 bits per heavy atom. The van der Waals surface area contributed by atoms with E-state index in [2.05, 4.69) is 30.7 Å². The summed E-state index contributed by atoms with van der Waals surface area (Å²) in [5.41, 5.74) is 2.30. The first-order valence-corrected chi connectivity index (χ1v) is 12.0. The summed E-state index contributed by atoms with van der Waals surface area (Å²) in [6.07, 6.45) is 3.19. The summed E-state index contributed by atoms with van der Waals surface area (Å²) >= 11 is 0. The van der Waals surface area contributed by atoms with Crippen molar-refractivity contribution in [3.63, 3.8) is 0 Å². The van der Waals surface area contributed by atoms with Gasteiger partial charge in [0.1, 0.15) is 18.3 Å². The van der Waals surface area contributed by atoms with Gasteiger partial charge in [-0.2, -0.15) is 4.39 Å². The van der Waals surface area contributed by atoms with Crippen molar-refractivity contribution in [2.75, 3.05) is 6.54 Å². The lowest BCUT2D eigenvalue weighted by atomic mass is 10.0. The number of carbonyl (C=O) groups excluding carboxylic acids is 2. The number of halogens is 2. The Morgan fingerprint density at radius 3 is 2.81 bits per heavy atom. The second-order valence-corrected chi connectivity index (χ2v) is 9.39. The third kappa shape index (κ3) is 4.91. The maximum absolute atomic E-state index is 14.9. The van der Waals surface area contributed by atoms with Crippen LogP contribution in [0.4, 0.5) is 8.78 Å². The number of imidazole rings is 1. The summed E-state index contributed by atoms with van der Waals surface area (Å²) < 4.78 is 31.1. The van der Waals surface area contributed by atoms with Crippen molar-refractivity contribution < 1.29 is 18.4 Å². The summed E-state index contributed by atoms with van der Waals surface area (Å²) in [6.45, 7) is 3.52. The molecule has 5 heterocycles. The van der Waals surface area contributed by atoms with Crippen LogP contribution in [-0.2, 0) is 16.0 Å². The fourth-order valence-electron chi connectivity index (χ4n) is 4.64. The molecule has 0 bridgehead atoms. The minimum Gasteiger partial charge on any atom is -0.340 e. The average molecular weight is 509 g/mol. The molecular formula is C25H26F2N8O2.